The molecular formula is C20H18ClN3O5. The van der Waals surface area contributed by atoms with Crippen LogP contribution in [0.4, 0.5) is 11.4 Å². The molecule has 1 heterocycles. The van der Waals surface area contributed by atoms with Gasteiger partial charge in [-0.2, -0.15) is 0 Å². The Morgan fingerprint density at radius 2 is 1.21 bits per heavy atom. The summed E-state index contributed by atoms with van der Waals surface area (Å²) in [5, 5.41) is 22.4. The van der Waals surface area contributed by atoms with E-state index in [4.69, 9.17) is 0 Å². The third-order valence-corrected chi connectivity index (χ3v) is 4.39. The number of nitrogens with zero attached hydrogens (tertiary/aromatic N) is 3. The molecule has 0 saturated carbocycles. The van der Waals surface area contributed by atoms with Crippen molar-refractivity contribution in [2.24, 2.45) is 0 Å². The summed E-state index contributed by atoms with van der Waals surface area (Å²) in [6.45, 7) is 0.665. The van der Waals surface area contributed by atoms with E-state index in [-0.39, 0.29) is 29.6 Å². The standard InChI is InChI=1S/C20H17N3O5.ClH/c1-21-12-16(10-14-6-2-4-8-18(14)22(25)26)20(24)17(13-21)11-15-7-3-5-9-19(15)23(27)28;/h2-11H,12-13H2,1H3;1H/b16-10+,17-11+;. The second-order valence-corrected chi connectivity index (χ2v) is 6.47. The molecule has 2 aromatic carbocycles. The average Bonchev–Trinajstić information content (AvgIpc) is 2.66. The van der Waals surface area contributed by atoms with Gasteiger partial charge in [0.1, 0.15) is 0 Å². The first kappa shape index (κ1) is 21.9. The Morgan fingerprint density at radius 1 is 0.828 bits per heavy atom. The highest BCUT2D eigenvalue weighted by Crippen LogP contribution is 2.27. The minimum Gasteiger partial charge on any atom is -0.298 e. The van der Waals surface area contributed by atoms with Crippen LogP contribution in [0.25, 0.3) is 12.2 Å². The number of likely N-dealkylation sites (tertiary alicyclic amines) is 1. The largest absolute Gasteiger partial charge is 0.298 e. The van der Waals surface area contributed by atoms with E-state index in [0.29, 0.717) is 35.4 Å². The van der Waals surface area contributed by atoms with Crippen molar-refractivity contribution >= 4 is 41.7 Å². The highest BCUT2D eigenvalue weighted by Gasteiger charge is 2.26. The summed E-state index contributed by atoms with van der Waals surface area (Å²) >= 11 is 0. The van der Waals surface area contributed by atoms with Crippen LogP contribution in [0.1, 0.15) is 11.1 Å². The summed E-state index contributed by atoms with van der Waals surface area (Å²) < 4.78 is 0. The Hall–Kier alpha value is -3.36. The molecule has 0 aromatic heterocycles. The molecule has 150 valence electrons. The van der Waals surface area contributed by atoms with Gasteiger partial charge in [0.05, 0.1) is 21.0 Å². The molecule has 3 rings (SSSR count). The SMILES string of the molecule is CN1C/C(=C\c2ccccc2[N+](=O)[O-])C(=O)/C(=C/c2ccccc2[N+](=O)[O-])C1.Cl. The number of Topliss-reactive ketones (excluding diaryl/α,β-unsaturated/α-hetero) is 1. The van der Waals surface area contributed by atoms with Crippen LogP contribution in [-0.2, 0) is 4.79 Å². The Kier molecular flexibility index (Phi) is 6.98. The highest BCUT2D eigenvalue weighted by atomic mass is 35.5. The zero-order valence-electron chi connectivity index (χ0n) is 15.5. The fourth-order valence-electron chi connectivity index (χ4n) is 3.14. The molecule has 1 aliphatic heterocycles. The van der Waals surface area contributed by atoms with Crippen molar-refractivity contribution in [2.45, 2.75) is 0 Å². The first-order valence-electron chi connectivity index (χ1n) is 8.48. The van der Waals surface area contributed by atoms with Gasteiger partial charge in [-0.05, 0) is 31.3 Å². The molecule has 0 bridgehead atoms. The van der Waals surface area contributed by atoms with E-state index in [9.17, 15) is 25.0 Å². The van der Waals surface area contributed by atoms with E-state index in [0.717, 1.165) is 0 Å². The fraction of sp³-hybridized carbons (Fsp3) is 0.150. The molecule has 0 N–H and O–H groups in total. The van der Waals surface area contributed by atoms with Crippen molar-refractivity contribution in [2.75, 3.05) is 20.1 Å². The summed E-state index contributed by atoms with van der Waals surface area (Å²) in [7, 11) is 1.81. The zero-order chi connectivity index (χ0) is 20.3. The number of piperidine rings is 1. The van der Waals surface area contributed by atoms with Crippen LogP contribution in [-0.4, -0.2) is 40.7 Å². The third kappa shape index (κ3) is 4.92. The quantitative estimate of drug-likeness (QED) is 0.425. The number of benzene rings is 2. The molecule has 1 fully saturated rings. The van der Waals surface area contributed by atoms with E-state index >= 15 is 0 Å². The summed E-state index contributed by atoms with van der Waals surface area (Å²) in [6.07, 6.45) is 3.03. The summed E-state index contributed by atoms with van der Waals surface area (Å²) in [4.78, 5) is 36.3. The summed E-state index contributed by atoms with van der Waals surface area (Å²) in [5.41, 5.74) is 1.31. The van der Waals surface area contributed by atoms with Gasteiger partial charge in [0.15, 0.2) is 5.78 Å². The van der Waals surface area contributed by atoms with Crippen LogP contribution in [0.15, 0.2) is 59.7 Å². The van der Waals surface area contributed by atoms with Crippen molar-refractivity contribution in [3.8, 4) is 0 Å². The maximum atomic E-state index is 12.9. The van der Waals surface area contributed by atoms with E-state index in [2.05, 4.69) is 0 Å². The van der Waals surface area contributed by atoms with E-state index in [1.165, 1.54) is 24.3 Å². The minimum atomic E-state index is -0.493. The Balaban J connectivity index is 0.00000300. The van der Waals surface area contributed by atoms with Crippen LogP contribution in [0.5, 0.6) is 0 Å². The van der Waals surface area contributed by atoms with Gasteiger partial charge in [-0.15, -0.1) is 12.4 Å². The molecule has 0 amide bonds. The van der Waals surface area contributed by atoms with Crippen LogP contribution in [0.2, 0.25) is 0 Å². The van der Waals surface area contributed by atoms with Crippen molar-refractivity contribution in [1.82, 2.24) is 4.90 Å². The molecule has 29 heavy (non-hydrogen) atoms. The van der Waals surface area contributed by atoms with E-state index in [1.54, 1.807) is 36.4 Å². The molecule has 2 aromatic rings. The Labute approximate surface area is 172 Å². The maximum Gasteiger partial charge on any atom is 0.276 e. The lowest BCUT2D eigenvalue weighted by Gasteiger charge is -2.26. The molecule has 0 radical (unpaired) electrons. The van der Waals surface area contributed by atoms with E-state index in [1.807, 2.05) is 11.9 Å². The third-order valence-electron chi connectivity index (χ3n) is 4.39. The number of para-hydroxylation sites is 2. The van der Waals surface area contributed by atoms with Crippen LogP contribution >= 0.6 is 12.4 Å². The number of rotatable bonds is 4. The molecular weight excluding hydrogens is 398 g/mol. The van der Waals surface area contributed by atoms with Crippen molar-refractivity contribution in [3.63, 3.8) is 0 Å². The lowest BCUT2D eigenvalue weighted by atomic mass is 9.94. The number of likely N-dealkylation sites (N-methyl/N-ethyl adjacent to an activating group) is 1. The molecule has 0 aliphatic carbocycles. The van der Waals surface area contributed by atoms with Gasteiger partial charge >= 0.3 is 0 Å². The first-order valence-corrected chi connectivity index (χ1v) is 8.48. The highest BCUT2D eigenvalue weighted by molar-refractivity contribution is 6.15. The molecule has 8 nitrogen and oxygen atoms in total. The minimum absolute atomic E-state index is 0. The second kappa shape index (κ2) is 9.22. The molecule has 9 heteroatoms. The Morgan fingerprint density at radius 3 is 1.59 bits per heavy atom. The number of carbonyl (C=O) groups excluding carboxylic acids is 1. The zero-order valence-corrected chi connectivity index (χ0v) is 16.3. The monoisotopic (exact) mass is 415 g/mol. The number of carbonyl (C=O) groups is 1. The van der Waals surface area contributed by atoms with Gasteiger partial charge in [-0.25, -0.2) is 0 Å². The predicted molar refractivity (Wildman–Crippen MR) is 112 cm³/mol. The van der Waals surface area contributed by atoms with Gasteiger partial charge in [0.25, 0.3) is 11.4 Å². The lowest BCUT2D eigenvalue weighted by molar-refractivity contribution is -0.385. The number of nitro groups is 2. The molecule has 0 unspecified atom stereocenters. The van der Waals surface area contributed by atoms with Crippen LogP contribution < -0.4 is 0 Å². The normalized spacial score (nSPS) is 17.2. The average molecular weight is 416 g/mol. The van der Waals surface area contributed by atoms with E-state index < -0.39 is 9.85 Å². The van der Waals surface area contributed by atoms with Crippen LogP contribution in [0.3, 0.4) is 0 Å². The number of hydrogen-bond donors (Lipinski definition) is 0. The lowest BCUT2D eigenvalue weighted by Crippen LogP contribution is -2.34. The van der Waals surface area contributed by atoms with Gasteiger partial charge in [0.2, 0.25) is 0 Å². The van der Waals surface area contributed by atoms with Gasteiger partial charge < -0.3 is 0 Å². The van der Waals surface area contributed by atoms with Gasteiger partial charge in [0, 0.05) is 36.4 Å². The van der Waals surface area contributed by atoms with Crippen molar-refractivity contribution in [3.05, 3.63) is 91.0 Å². The second-order valence-electron chi connectivity index (χ2n) is 6.47. The number of hydrogen-bond acceptors (Lipinski definition) is 6. The smallest absolute Gasteiger partial charge is 0.276 e. The predicted octanol–water partition coefficient (Wildman–Crippen LogP) is 3.91. The molecule has 0 atom stereocenters. The summed E-state index contributed by atoms with van der Waals surface area (Å²) in [6, 6.07) is 12.4. The Bertz CT molecular complexity index is 953. The first-order chi connectivity index (χ1) is 13.4. The number of ketones is 1. The van der Waals surface area contributed by atoms with Crippen LogP contribution in [0, 0.1) is 20.2 Å². The van der Waals surface area contributed by atoms with Crippen molar-refractivity contribution < 1.29 is 14.6 Å². The molecule has 1 saturated heterocycles. The fourth-order valence-corrected chi connectivity index (χ4v) is 3.14. The molecule has 1 aliphatic rings. The molecule has 0 spiro atoms. The number of nitro benzene ring substituents is 2. The maximum absolute atomic E-state index is 12.9. The van der Waals surface area contributed by atoms with Gasteiger partial charge in [-0.3, -0.25) is 29.9 Å². The topological polar surface area (TPSA) is 107 Å². The van der Waals surface area contributed by atoms with Crippen molar-refractivity contribution in [1.29, 1.82) is 0 Å². The summed E-state index contributed by atoms with van der Waals surface area (Å²) in [5.74, 6) is -0.269. The van der Waals surface area contributed by atoms with Gasteiger partial charge in [-0.1, -0.05) is 24.3 Å². The number of halogens is 1.